The van der Waals surface area contributed by atoms with Crippen LogP contribution in [0.4, 0.5) is 23.1 Å². The van der Waals surface area contributed by atoms with Crippen LogP contribution in [0.15, 0.2) is 54.7 Å². The quantitative estimate of drug-likeness (QED) is 0.700. The zero-order valence-electron chi connectivity index (χ0n) is 17.3. The van der Waals surface area contributed by atoms with Crippen molar-refractivity contribution in [2.24, 2.45) is 0 Å². The molecule has 1 N–H and O–H groups in total. The molecule has 4 rings (SSSR count). The summed E-state index contributed by atoms with van der Waals surface area (Å²) in [5, 5.41) is 11.8. The molecule has 1 saturated heterocycles. The Morgan fingerprint density at radius 2 is 1.62 bits per heavy atom. The molecule has 6 nitrogen and oxygen atoms in total. The molecule has 2 heterocycles. The summed E-state index contributed by atoms with van der Waals surface area (Å²) in [5.74, 6) is 1.83. The van der Waals surface area contributed by atoms with Crippen molar-refractivity contribution in [2.45, 2.75) is 26.7 Å². The van der Waals surface area contributed by atoms with Crippen molar-refractivity contribution in [3.8, 4) is 0 Å². The van der Waals surface area contributed by atoms with Crippen LogP contribution in [0.3, 0.4) is 0 Å². The number of piperazine rings is 1. The van der Waals surface area contributed by atoms with E-state index in [0.29, 0.717) is 11.9 Å². The fraction of sp³-hybridized carbons (Fsp3) is 0.348. The average molecular weight is 389 g/mol. The molecule has 1 aliphatic heterocycles. The molecule has 6 heteroatoms. The van der Waals surface area contributed by atoms with E-state index in [1.165, 1.54) is 16.8 Å². The molecule has 1 fully saturated rings. The lowest BCUT2D eigenvalue weighted by Crippen LogP contribution is -2.46. The van der Waals surface area contributed by atoms with Gasteiger partial charge in [-0.2, -0.15) is 10.1 Å². The Labute approximate surface area is 172 Å². The predicted octanol–water partition coefficient (Wildman–Crippen LogP) is 4.37. The van der Waals surface area contributed by atoms with Gasteiger partial charge in [0.25, 0.3) is 0 Å². The highest BCUT2D eigenvalue weighted by Crippen LogP contribution is 2.29. The minimum absolute atomic E-state index is 0.416. The number of aryl methyl sites for hydroxylation is 1. The van der Waals surface area contributed by atoms with Crippen molar-refractivity contribution >= 4 is 23.1 Å². The number of aromatic nitrogens is 3. The van der Waals surface area contributed by atoms with Crippen LogP contribution in [0.5, 0.6) is 0 Å². The minimum atomic E-state index is 0.416. The molecule has 0 amide bonds. The Bertz CT molecular complexity index is 949. The first-order valence-electron chi connectivity index (χ1n) is 10.2. The molecule has 29 heavy (non-hydrogen) atoms. The van der Waals surface area contributed by atoms with E-state index in [-0.39, 0.29) is 0 Å². The normalized spacial score (nSPS) is 14.3. The third kappa shape index (κ3) is 4.31. The number of hydrogen-bond acceptors (Lipinski definition) is 6. The number of benzene rings is 2. The van der Waals surface area contributed by atoms with Gasteiger partial charge in [0, 0.05) is 37.6 Å². The third-order valence-corrected chi connectivity index (χ3v) is 5.43. The maximum Gasteiger partial charge on any atom is 0.249 e. The molecule has 150 valence electrons. The Kier molecular flexibility index (Phi) is 5.60. The van der Waals surface area contributed by atoms with Gasteiger partial charge in [-0.1, -0.05) is 50.2 Å². The molecular weight excluding hydrogens is 360 g/mol. The van der Waals surface area contributed by atoms with Crippen LogP contribution in [0.2, 0.25) is 0 Å². The van der Waals surface area contributed by atoms with Gasteiger partial charge < -0.3 is 15.1 Å². The van der Waals surface area contributed by atoms with E-state index in [4.69, 9.17) is 4.98 Å². The smallest absolute Gasteiger partial charge is 0.249 e. The SMILES string of the molecule is Cc1cccc(C(C)C)c1Nc1nncc(N2CCN(c3ccccc3)CC2)n1. The third-order valence-electron chi connectivity index (χ3n) is 5.43. The van der Waals surface area contributed by atoms with Crippen LogP contribution >= 0.6 is 0 Å². The summed E-state index contributed by atoms with van der Waals surface area (Å²) in [5.41, 5.74) is 4.79. The first kappa shape index (κ1) is 19.2. The summed E-state index contributed by atoms with van der Waals surface area (Å²) < 4.78 is 0. The summed E-state index contributed by atoms with van der Waals surface area (Å²) >= 11 is 0. The zero-order valence-corrected chi connectivity index (χ0v) is 17.3. The molecule has 0 unspecified atom stereocenters. The minimum Gasteiger partial charge on any atom is -0.368 e. The average Bonchev–Trinajstić information content (AvgIpc) is 2.76. The van der Waals surface area contributed by atoms with Gasteiger partial charge in [-0.15, -0.1) is 5.10 Å². The maximum atomic E-state index is 4.75. The standard InChI is InChI=1S/C23H28N6/c1-17(2)20-11-7-8-18(3)22(20)26-23-25-21(16-24-27-23)29-14-12-28(13-15-29)19-9-5-4-6-10-19/h4-11,16-17H,12-15H2,1-3H3,(H,25,26,27). The van der Waals surface area contributed by atoms with Gasteiger partial charge in [0.15, 0.2) is 5.82 Å². The molecular formula is C23H28N6. The molecule has 1 aliphatic rings. The number of nitrogens with zero attached hydrogens (tertiary/aromatic N) is 5. The summed E-state index contributed by atoms with van der Waals surface area (Å²) in [6.07, 6.45) is 1.75. The Hall–Kier alpha value is -3.15. The number of hydrogen-bond donors (Lipinski definition) is 1. The van der Waals surface area contributed by atoms with E-state index in [0.717, 1.165) is 37.7 Å². The van der Waals surface area contributed by atoms with Gasteiger partial charge in [0.2, 0.25) is 5.95 Å². The zero-order chi connectivity index (χ0) is 20.2. The van der Waals surface area contributed by atoms with Crippen LogP contribution in [0, 0.1) is 6.92 Å². The maximum absolute atomic E-state index is 4.75. The monoisotopic (exact) mass is 388 g/mol. The Morgan fingerprint density at radius 3 is 2.34 bits per heavy atom. The number of para-hydroxylation sites is 2. The van der Waals surface area contributed by atoms with Gasteiger partial charge >= 0.3 is 0 Å². The number of rotatable bonds is 5. The lowest BCUT2D eigenvalue weighted by Gasteiger charge is -2.36. The molecule has 0 spiro atoms. The van der Waals surface area contributed by atoms with Crippen molar-refractivity contribution in [3.63, 3.8) is 0 Å². The lowest BCUT2D eigenvalue weighted by molar-refractivity contribution is 0.645. The lowest BCUT2D eigenvalue weighted by atomic mass is 9.98. The Balaban J connectivity index is 1.48. The fourth-order valence-electron chi connectivity index (χ4n) is 3.79. The van der Waals surface area contributed by atoms with Crippen LogP contribution in [0.25, 0.3) is 0 Å². The summed E-state index contributed by atoms with van der Waals surface area (Å²) in [7, 11) is 0. The van der Waals surface area contributed by atoms with Gasteiger partial charge in [0.1, 0.15) is 0 Å². The van der Waals surface area contributed by atoms with Crippen LogP contribution in [0.1, 0.15) is 30.9 Å². The second-order valence-electron chi connectivity index (χ2n) is 7.77. The Morgan fingerprint density at radius 1 is 0.897 bits per heavy atom. The van der Waals surface area contributed by atoms with E-state index in [1.807, 2.05) is 0 Å². The number of anilines is 4. The topological polar surface area (TPSA) is 57.2 Å². The van der Waals surface area contributed by atoms with Crippen LogP contribution in [-0.2, 0) is 0 Å². The highest BCUT2D eigenvalue weighted by molar-refractivity contribution is 5.64. The van der Waals surface area contributed by atoms with Crippen LogP contribution < -0.4 is 15.1 Å². The van der Waals surface area contributed by atoms with Crippen molar-refractivity contribution in [2.75, 3.05) is 41.3 Å². The second-order valence-corrected chi connectivity index (χ2v) is 7.77. The van der Waals surface area contributed by atoms with Gasteiger partial charge in [-0.25, -0.2) is 0 Å². The van der Waals surface area contributed by atoms with Crippen molar-refractivity contribution in [1.29, 1.82) is 0 Å². The first-order chi connectivity index (χ1) is 14.1. The van der Waals surface area contributed by atoms with E-state index in [1.54, 1.807) is 6.20 Å². The van der Waals surface area contributed by atoms with E-state index >= 15 is 0 Å². The molecule has 0 aliphatic carbocycles. The van der Waals surface area contributed by atoms with E-state index < -0.39 is 0 Å². The first-order valence-corrected chi connectivity index (χ1v) is 10.2. The van der Waals surface area contributed by atoms with Gasteiger partial charge in [-0.3, -0.25) is 0 Å². The summed E-state index contributed by atoms with van der Waals surface area (Å²) in [6, 6.07) is 16.9. The molecule has 0 atom stereocenters. The molecule has 3 aromatic rings. The summed E-state index contributed by atoms with van der Waals surface area (Å²) in [6.45, 7) is 10.2. The van der Waals surface area contributed by atoms with Crippen molar-refractivity contribution in [3.05, 3.63) is 65.9 Å². The number of nitrogens with one attached hydrogen (secondary N) is 1. The molecule has 0 saturated carbocycles. The van der Waals surface area contributed by atoms with Gasteiger partial charge in [-0.05, 0) is 36.1 Å². The van der Waals surface area contributed by atoms with Crippen LogP contribution in [-0.4, -0.2) is 41.4 Å². The predicted molar refractivity (Wildman–Crippen MR) is 119 cm³/mol. The highest BCUT2D eigenvalue weighted by Gasteiger charge is 2.19. The van der Waals surface area contributed by atoms with Crippen molar-refractivity contribution < 1.29 is 0 Å². The highest BCUT2D eigenvalue weighted by atomic mass is 15.3. The molecule has 0 radical (unpaired) electrons. The fourth-order valence-corrected chi connectivity index (χ4v) is 3.79. The summed E-state index contributed by atoms with van der Waals surface area (Å²) in [4.78, 5) is 9.44. The van der Waals surface area contributed by atoms with E-state index in [2.05, 4.69) is 94.6 Å². The van der Waals surface area contributed by atoms with E-state index in [9.17, 15) is 0 Å². The molecule has 0 bridgehead atoms. The largest absolute Gasteiger partial charge is 0.368 e. The molecule has 2 aromatic carbocycles. The molecule has 1 aromatic heterocycles. The van der Waals surface area contributed by atoms with Gasteiger partial charge in [0.05, 0.1) is 6.20 Å². The van der Waals surface area contributed by atoms with Crippen molar-refractivity contribution in [1.82, 2.24) is 15.2 Å². The second kappa shape index (κ2) is 8.47.